The van der Waals surface area contributed by atoms with E-state index >= 15 is 0 Å². The molecule has 0 saturated carbocycles. The van der Waals surface area contributed by atoms with Gasteiger partial charge in [-0.2, -0.15) is 0 Å². The van der Waals surface area contributed by atoms with E-state index in [0.29, 0.717) is 6.04 Å². The SMILES string of the molecule is CCN1CCCC(N(CC)C2c3ccccc3Oc3ccccc32)C1. The van der Waals surface area contributed by atoms with Crippen LogP contribution in [0.1, 0.15) is 43.9 Å². The van der Waals surface area contributed by atoms with Gasteiger partial charge in [0, 0.05) is 23.7 Å². The molecule has 132 valence electrons. The van der Waals surface area contributed by atoms with E-state index < -0.39 is 0 Å². The third-order valence-corrected chi connectivity index (χ3v) is 5.74. The predicted octanol–water partition coefficient (Wildman–Crippen LogP) is 4.69. The fourth-order valence-corrected chi connectivity index (χ4v) is 4.48. The van der Waals surface area contributed by atoms with Crippen molar-refractivity contribution in [1.82, 2.24) is 9.80 Å². The van der Waals surface area contributed by atoms with Gasteiger partial charge in [-0.25, -0.2) is 0 Å². The van der Waals surface area contributed by atoms with Gasteiger partial charge in [0.05, 0.1) is 6.04 Å². The maximum atomic E-state index is 6.19. The second-order valence-electron chi connectivity index (χ2n) is 7.10. The van der Waals surface area contributed by atoms with Crippen molar-refractivity contribution in [1.29, 1.82) is 0 Å². The van der Waals surface area contributed by atoms with Gasteiger partial charge in [0.2, 0.25) is 0 Å². The van der Waals surface area contributed by atoms with Crippen LogP contribution in [0.5, 0.6) is 11.5 Å². The maximum absolute atomic E-state index is 6.19. The van der Waals surface area contributed by atoms with Gasteiger partial charge in [0.1, 0.15) is 11.5 Å². The Bertz CT molecular complexity index is 684. The molecule has 1 unspecified atom stereocenters. The first-order valence-electron chi connectivity index (χ1n) is 9.65. The van der Waals surface area contributed by atoms with E-state index in [1.54, 1.807) is 0 Å². The van der Waals surface area contributed by atoms with Crippen LogP contribution in [-0.4, -0.2) is 42.0 Å². The van der Waals surface area contributed by atoms with Crippen LogP contribution in [0.15, 0.2) is 48.5 Å². The highest BCUT2D eigenvalue weighted by Crippen LogP contribution is 2.46. The van der Waals surface area contributed by atoms with Crippen molar-refractivity contribution in [2.24, 2.45) is 0 Å². The summed E-state index contributed by atoms with van der Waals surface area (Å²) in [4.78, 5) is 5.29. The standard InChI is InChI=1S/C22H28N2O/c1-3-23-15-9-10-17(16-23)24(4-2)22-18-11-5-7-13-20(18)25-21-14-8-6-12-19(21)22/h5-8,11-14,17,22H,3-4,9-10,15-16H2,1-2H3. The molecule has 0 bridgehead atoms. The molecule has 1 saturated heterocycles. The Morgan fingerprint density at radius 2 is 1.64 bits per heavy atom. The summed E-state index contributed by atoms with van der Waals surface area (Å²) >= 11 is 0. The Balaban J connectivity index is 1.75. The van der Waals surface area contributed by atoms with E-state index in [0.717, 1.165) is 24.6 Å². The van der Waals surface area contributed by atoms with E-state index in [2.05, 4.69) is 72.2 Å². The summed E-state index contributed by atoms with van der Waals surface area (Å²) in [6.07, 6.45) is 2.58. The van der Waals surface area contributed by atoms with Crippen LogP contribution in [0.2, 0.25) is 0 Å². The van der Waals surface area contributed by atoms with Gasteiger partial charge >= 0.3 is 0 Å². The molecule has 0 aromatic heterocycles. The number of likely N-dealkylation sites (N-methyl/N-ethyl adjacent to an activating group) is 2. The van der Waals surface area contributed by atoms with Crippen molar-refractivity contribution in [3.05, 3.63) is 59.7 Å². The summed E-state index contributed by atoms with van der Waals surface area (Å²) in [6.45, 7) is 9.19. The molecule has 1 fully saturated rings. The quantitative estimate of drug-likeness (QED) is 0.806. The van der Waals surface area contributed by atoms with Crippen molar-refractivity contribution in [3.8, 4) is 11.5 Å². The van der Waals surface area contributed by atoms with E-state index in [1.807, 2.05) is 0 Å². The molecule has 0 amide bonds. The van der Waals surface area contributed by atoms with Crippen molar-refractivity contribution in [2.75, 3.05) is 26.2 Å². The van der Waals surface area contributed by atoms with Crippen LogP contribution in [-0.2, 0) is 0 Å². The Hall–Kier alpha value is -1.84. The van der Waals surface area contributed by atoms with Gasteiger partial charge < -0.3 is 9.64 Å². The van der Waals surface area contributed by atoms with Crippen molar-refractivity contribution >= 4 is 0 Å². The molecular formula is C22H28N2O. The molecular weight excluding hydrogens is 308 g/mol. The fraction of sp³-hybridized carbons (Fsp3) is 0.455. The van der Waals surface area contributed by atoms with Crippen molar-refractivity contribution < 1.29 is 4.74 Å². The number of rotatable bonds is 4. The number of benzene rings is 2. The van der Waals surface area contributed by atoms with Crippen LogP contribution in [0.3, 0.4) is 0 Å². The Morgan fingerprint density at radius 3 is 2.24 bits per heavy atom. The number of hydrogen-bond acceptors (Lipinski definition) is 3. The predicted molar refractivity (Wildman–Crippen MR) is 102 cm³/mol. The minimum absolute atomic E-state index is 0.285. The van der Waals surface area contributed by atoms with Gasteiger partial charge in [-0.1, -0.05) is 50.2 Å². The molecule has 0 spiro atoms. The normalized spacial score (nSPS) is 20.8. The molecule has 2 heterocycles. The number of ether oxygens (including phenoxy) is 1. The number of nitrogens with zero attached hydrogens (tertiary/aromatic N) is 2. The molecule has 2 aromatic carbocycles. The van der Waals surface area contributed by atoms with Crippen molar-refractivity contribution in [3.63, 3.8) is 0 Å². The third-order valence-electron chi connectivity index (χ3n) is 5.74. The molecule has 0 N–H and O–H groups in total. The lowest BCUT2D eigenvalue weighted by Crippen LogP contribution is -2.49. The van der Waals surface area contributed by atoms with Gasteiger partial charge in [-0.3, -0.25) is 4.90 Å². The molecule has 25 heavy (non-hydrogen) atoms. The molecule has 2 aliphatic heterocycles. The van der Waals surface area contributed by atoms with Crippen LogP contribution in [0.4, 0.5) is 0 Å². The molecule has 0 aliphatic carbocycles. The Labute approximate surface area is 151 Å². The van der Waals surface area contributed by atoms with Crippen molar-refractivity contribution in [2.45, 2.75) is 38.8 Å². The van der Waals surface area contributed by atoms with Crippen LogP contribution in [0.25, 0.3) is 0 Å². The Morgan fingerprint density at radius 1 is 1.00 bits per heavy atom. The lowest BCUT2D eigenvalue weighted by Gasteiger charge is -2.44. The van der Waals surface area contributed by atoms with Gasteiger partial charge in [-0.15, -0.1) is 0 Å². The van der Waals surface area contributed by atoms with Crippen LogP contribution < -0.4 is 4.74 Å². The topological polar surface area (TPSA) is 15.7 Å². The zero-order valence-corrected chi connectivity index (χ0v) is 15.3. The summed E-state index contributed by atoms with van der Waals surface area (Å²) in [5.41, 5.74) is 2.60. The van der Waals surface area contributed by atoms with Crippen LogP contribution in [0, 0.1) is 0 Å². The average molecular weight is 336 g/mol. The maximum Gasteiger partial charge on any atom is 0.132 e. The second kappa shape index (κ2) is 7.19. The zero-order valence-electron chi connectivity index (χ0n) is 15.3. The second-order valence-corrected chi connectivity index (χ2v) is 7.10. The molecule has 4 rings (SSSR count). The molecule has 1 atom stereocenters. The fourth-order valence-electron chi connectivity index (χ4n) is 4.48. The summed E-state index contributed by atoms with van der Waals surface area (Å²) in [7, 11) is 0. The molecule has 0 radical (unpaired) electrons. The number of piperidine rings is 1. The highest BCUT2D eigenvalue weighted by molar-refractivity contribution is 5.53. The summed E-state index contributed by atoms with van der Waals surface area (Å²) in [5.74, 6) is 2.01. The average Bonchev–Trinajstić information content (AvgIpc) is 2.68. The number of likely N-dealkylation sites (tertiary alicyclic amines) is 1. The summed E-state index contributed by atoms with van der Waals surface area (Å²) in [6, 6.07) is 18.0. The first kappa shape index (κ1) is 16.6. The molecule has 3 nitrogen and oxygen atoms in total. The van der Waals surface area contributed by atoms with Gasteiger partial charge in [-0.05, 0) is 44.6 Å². The van der Waals surface area contributed by atoms with E-state index in [-0.39, 0.29) is 6.04 Å². The third kappa shape index (κ3) is 3.07. The Kier molecular flexibility index (Phi) is 4.78. The molecule has 2 aliphatic rings. The zero-order chi connectivity index (χ0) is 17.2. The van der Waals surface area contributed by atoms with Crippen LogP contribution >= 0.6 is 0 Å². The lowest BCUT2D eigenvalue weighted by molar-refractivity contribution is 0.0795. The largest absolute Gasteiger partial charge is 0.457 e. The number of para-hydroxylation sites is 2. The van der Waals surface area contributed by atoms with E-state index in [9.17, 15) is 0 Å². The first-order valence-corrected chi connectivity index (χ1v) is 9.65. The molecule has 2 aromatic rings. The summed E-state index contributed by atoms with van der Waals surface area (Å²) < 4.78 is 6.19. The lowest BCUT2D eigenvalue weighted by atomic mass is 9.90. The first-order chi connectivity index (χ1) is 12.3. The smallest absolute Gasteiger partial charge is 0.132 e. The van der Waals surface area contributed by atoms with E-state index in [4.69, 9.17) is 4.74 Å². The summed E-state index contributed by atoms with van der Waals surface area (Å²) in [5, 5.41) is 0. The minimum atomic E-state index is 0.285. The highest BCUT2D eigenvalue weighted by Gasteiger charge is 2.35. The van der Waals surface area contributed by atoms with E-state index in [1.165, 1.54) is 37.1 Å². The minimum Gasteiger partial charge on any atom is -0.457 e. The van der Waals surface area contributed by atoms with Gasteiger partial charge in [0.15, 0.2) is 0 Å². The highest BCUT2D eigenvalue weighted by atomic mass is 16.5. The number of fused-ring (bicyclic) bond motifs is 2. The monoisotopic (exact) mass is 336 g/mol. The van der Waals surface area contributed by atoms with Gasteiger partial charge in [0.25, 0.3) is 0 Å². The molecule has 3 heteroatoms. The number of hydrogen-bond donors (Lipinski definition) is 0.